The van der Waals surface area contributed by atoms with Crippen molar-refractivity contribution in [1.82, 2.24) is 0 Å². The predicted molar refractivity (Wildman–Crippen MR) is 78.8 cm³/mol. The van der Waals surface area contributed by atoms with Gasteiger partial charge in [-0.05, 0) is 19.1 Å². The number of carbonyl (C=O) groups excluding carboxylic acids is 1. The average Bonchev–Trinajstić information content (AvgIpc) is 2.48. The molecule has 4 heteroatoms. The maximum absolute atomic E-state index is 12.4. The van der Waals surface area contributed by atoms with Gasteiger partial charge in [0, 0.05) is 5.56 Å². The molecular formula is C17H12O4. The molecule has 3 aromatic rings. The second-order valence-corrected chi connectivity index (χ2v) is 4.80. The highest BCUT2D eigenvalue weighted by atomic mass is 16.4. The van der Waals surface area contributed by atoms with Gasteiger partial charge in [0.05, 0.1) is 5.39 Å². The third-order valence-electron chi connectivity index (χ3n) is 3.33. The van der Waals surface area contributed by atoms with Gasteiger partial charge in [-0.25, -0.2) is 4.79 Å². The van der Waals surface area contributed by atoms with Gasteiger partial charge >= 0.3 is 5.63 Å². The highest BCUT2D eigenvalue weighted by Gasteiger charge is 2.21. The summed E-state index contributed by atoms with van der Waals surface area (Å²) >= 11 is 0. The minimum atomic E-state index is -0.836. The van der Waals surface area contributed by atoms with Gasteiger partial charge in [0.25, 0.3) is 0 Å². The van der Waals surface area contributed by atoms with E-state index in [0.717, 1.165) is 5.56 Å². The van der Waals surface area contributed by atoms with Crippen molar-refractivity contribution in [3.63, 3.8) is 0 Å². The van der Waals surface area contributed by atoms with Crippen molar-refractivity contribution in [3.8, 4) is 5.75 Å². The van der Waals surface area contributed by atoms with Crippen LogP contribution in [0.5, 0.6) is 5.75 Å². The Bertz CT molecular complexity index is 889. The van der Waals surface area contributed by atoms with E-state index in [-0.39, 0.29) is 16.9 Å². The fourth-order valence-electron chi connectivity index (χ4n) is 2.18. The Hall–Kier alpha value is -2.88. The Kier molecular flexibility index (Phi) is 3.06. The van der Waals surface area contributed by atoms with E-state index in [4.69, 9.17) is 4.42 Å². The molecule has 0 amide bonds. The summed E-state index contributed by atoms with van der Waals surface area (Å²) in [6.07, 6.45) is 0. The Morgan fingerprint density at radius 2 is 1.71 bits per heavy atom. The van der Waals surface area contributed by atoms with Crippen LogP contribution in [0.3, 0.4) is 0 Å². The second-order valence-electron chi connectivity index (χ2n) is 4.80. The summed E-state index contributed by atoms with van der Waals surface area (Å²) in [4.78, 5) is 24.4. The Balaban J connectivity index is 2.22. The van der Waals surface area contributed by atoms with Gasteiger partial charge in [0.1, 0.15) is 11.3 Å². The molecule has 0 saturated heterocycles. The van der Waals surface area contributed by atoms with Gasteiger partial charge in [-0.15, -0.1) is 0 Å². The normalized spacial score (nSPS) is 10.7. The lowest BCUT2D eigenvalue weighted by Gasteiger charge is -2.05. The maximum atomic E-state index is 12.4. The van der Waals surface area contributed by atoms with E-state index in [1.165, 1.54) is 0 Å². The van der Waals surface area contributed by atoms with Gasteiger partial charge in [0.15, 0.2) is 5.56 Å². The SMILES string of the molecule is Cc1ccc(C(=O)c2c(O)c3ccccc3oc2=O)cc1. The first-order valence-electron chi connectivity index (χ1n) is 6.44. The van der Waals surface area contributed by atoms with E-state index in [0.29, 0.717) is 10.9 Å². The molecule has 2 aromatic carbocycles. The van der Waals surface area contributed by atoms with Crippen LogP contribution >= 0.6 is 0 Å². The third kappa shape index (κ3) is 2.21. The Morgan fingerprint density at radius 1 is 1.05 bits per heavy atom. The number of carbonyl (C=O) groups is 1. The summed E-state index contributed by atoms with van der Waals surface area (Å²) in [6.45, 7) is 1.90. The predicted octanol–water partition coefficient (Wildman–Crippen LogP) is 3.04. The van der Waals surface area contributed by atoms with Gasteiger partial charge in [-0.3, -0.25) is 4.79 Å². The van der Waals surface area contributed by atoms with Gasteiger partial charge in [0.2, 0.25) is 5.78 Å². The lowest BCUT2D eigenvalue weighted by Crippen LogP contribution is -2.15. The van der Waals surface area contributed by atoms with Crippen molar-refractivity contribution in [2.75, 3.05) is 0 Å². The molecule has 1 N–H and O–H groups in total. The topological polar surface area (TPSA) is 67.5 Å². The second kappa shape index (κ2) is 4.90. The number of aryl methyl sites for hydroxylation is 1. The number of hydrogen-bond acceptors (Lipinski definition) is 4. The Labute approximate surface area is 120 Å². The zero-order valence-corrected chi connectivity index (χ0v) is 11.3. The zero-order valence-electron chi connectivity index (χ0n) is 11.3. The molecule has 0 bridgehead atoms. The van der Waals surface area contributed by atoms with Gasteiger partial charge < -0.3 is 9.52 Å². The van der Waals surface area contributed by atoms with E-state index in [1.807, 2.05) is 6.92 Å². The smallest absolute Gasteiger partial charge is 0.351 e. The summed E-state index contributed by atoms with van der Waals surface area (Å²) < 4.78 is 5.10. The third-order valence-corrected chi connectivity index (χ3v) is 3.33. The van der Waals surface area contributed by atoms with Gasteiger partial charge in [-0.1, -0.05) is 42.0 Å². The number of rotatable bonds is 2. The molecule has 0 fully saturated rings. The fraction of sp³-hybridized carbons (Fsp3) is 0.0588. The molecule has 104 valence electrons. The average molecular weight is 280 g/mol. The molecular weight excluding hydrogens is 268 g/mol. The minimum absolute atomic E-state index is 0.250. The van der Waals surface area contributed by atoms with Crippen LogP contribution in [0.2, 0.25) is 0 Å². The molecule has 0 aliphatic rings. The van der Waals surface area contributed by atoms with Crippen molar-refractivity contribution in [1.29, 1.82) is 0 Å². The molecule has 21 heavy (non-hydrogen) atoms. The number of fused-ring (bicyclic) bond motifs is 1. The molecule has 1 heterocycles. The lowest BCUT2D eigenvalue weighted by atomic mass is 10.0. The highest BCUT2D eigenvalue weighted by molar-refractivity contribution is 6.12. The zero-order chi connectivity index (χ0) is 15.0. The first-order valence-corrected chi connectivity index (χ1v) is 6.44. The van der Waals surface area contributed by atoms with Gasteiger partial charge in [-0.2, -0.15) is 0 Å². The van der Waals surface area contributed by atoms with Crippen LogP contribution < -0.4 is 5.63 Å². The van der Waals surface area contributed by atoms with Crippen LogP contribution in [-0.4, -0.2) is 10.9 Å². The van der Waals surface area contributed by atoms with Crippen LogP contribution in [0.25, 0.3) is 11.0 Å². The van der Waals surface area contributed by atoms with Crippen molar-refractivity contribution in [3.05, 3.63) is 75.6 Å². The van der Waals surface area contributed by atoms with E-state index in [9.17, 15) is 14.7 Å². The summed E-state index contributed by atoms with van der Waals surface area (Å²) in [6, 6.07) is 13.3. The largest absolute Gasteiger partial charge is 0.506 e. The Morgan fingerprint density at radius 3 is 2.43 bits per heavy atom. The van der Waals surface area contributed by atoms with E-state index >= 15 is 0 Å². The van der Waals surface area contributed by atoms with Crippen LogP contribution in [-0.2, 0) is 0 Å². The first-order chi connectivity index (χ1) is 10.1. The van der Waals surface area contributed by atoms with Crippen molar-refractivity contribution in [2.45, 2.75) is 6.92 Å². The molecule has 0 atom stereocenters. The maximum Gasteiger partial charge on any atom is 0.351 e. The number of aromatic hydroxyl groups is 1. The minimum Gasteiger partial charge on any atom is -0.506 e. The number of para-hydroxylation sites is 1. The van der Waals surface area contributed by atoms with Crippen molar-refractivity contribution in [2.24, 2.45) is 0 Å². The monoisotopic (exact) mass is 280 g/mol. The molecule has 3 rings (SSSR count). The van der Waals surface area contributed by atoms with E-state index < -0.39 is 11.4 Å². The summed E-state index contributed by atoms with van der Waals surface area (Å²) in [5, 5.41) is 10.6. The molecule has 0 spiro atoms. The van der Waals surface area contributed by atoms with Crippen LogP contribution in [0, 0.1) is 6.92 Å². The van der Waals surface area contributed by atoms with Crippen LogP contribution in [0.15, 0.2) is 57.7 Å². The highest BCUT2D eigenvalue weighted by Crippen LogP contribution is 2.27. The quantitative estimate of drug-likeness (QED) is 0.578. The molecule has 0 unspecified atom stereocenters. The first kappa shape index (κ1) is 13.1. The summed E-state index contributed by atoms with van der Waals surface area (Å²) in [5.74, 6) is -0.889. The summed E-state index contributed by atoms with van der Waals surface area (Å²) in [5.41, 5.74) is 0.412. The molecule has 0 radical (unpaired) electrons. The van der Waals surface area contributed by atoms with Crippen LogP contribution in [0.1, 0.15) is 21.5 Å². The number of benzene rings is 2. The van der Waals surface area contributed by atoms with Crippen LogP contribution in [0.4, 0.5) is 0 Å². The molecule has 4 nitrogen and oxygen atoms in total. The van der Waals surface area contributed by atoms with E-state index in [1.54, 1.807) is 48.5 Å². The van der Waals surface area contributed by atoms with E-state index in [2.05, 4.69) is 0 Å². The number of ketones is 1. The summed E-state index contributed by atoms with van der Waals surface area (Å²) in [7, 11) is 0. The van der Waals surface area contributed by atoms with Crippen molar-refractivity contribution >= 4 is 16.8 Å². The fourth-order valence-corrected chi connectivity index (χ4v) is 2.18. The molecule has 0 saturated carbocycles. The molecule has 0 aliphatic carbocycles. The van der Waals surface area contributed by atoms with Crippen molar-refractivity contribution < 1.29 is 14.3 Å². The lowest BCUT2D eigenvalue weighted by molar-refractivity contribution is 0.103. The number of hydrogen-bond donors (Lipinski definition) is 1. The molecule has 1 aromatic heterocycles. The standard InChI is InChI=1S/C17H12O4/c1-10-6-8-11(9-7-10)15(18)14-16(19)12-4-2-3-5-13(12)21-17(14)20/h2-9,19H,1H3. The molecule has 0 aliphatic heterocycles.